The molecular formula is C22H33N5O. The standard InChI is InChI=1S/C22H33N5O/c1-17(2)15-26(19(4)28)16-21-18(3)23-27(20-9-7-6-8-10-20)22(21)25-13-11-24(5)12-14-25/h6-10,17H,11-16H2,1-5H3. The molecular weight excluding hydrogens is 350 g/mol. The molecule has 0 radical (unpaired) electrons. The monoisotopic (exact) mass is 383 g/mol. The Kier molecular flexibility index (Phi) is 6.39. The summed E-state index contributed by atoms with van der Waals surface area (Å²) >= 11 is 0. The van der Waals surface area contributed by atoms with Crippen LogP contribution in [-0.2, 0) is 11.3 Å². The molecule has 1 aromatic heterocycles. The topological polar surface area (TPSA) is 44.6 Å². The van der Waals surface area contributed by atoms with Gasteiger partial charge in [-0.15, -0.1) is 0 Å². The molecule has 6 heteroatoms. The van der Waals surface area contributed by atoms with E-state index >= 15 is 0 Å². The van der Waals surface area contributed by atoms with Gasteiger partial charge in [-0.1, -0.05) is 32.0 Å². The highest BCUT2D eigenvalue weighted by Gasteiger charge is 2.26. The molecule has 1 saturated heterocycles. The number of aromatic nitrogens is 2. The Labute approximate surface area is 168 Å². The molecule has 152 valence electrons. The molecule has 1 aliphatic rings. The second-order valence-corrected chi connectivity index (χ2v) is 8.22. The van der Waals surface area contributed by atoms with Crippen LogP contribution >= 0.6 is 0 Å². The van der Waals surface area contributed by atoms with Crippen molar-refractivity contribution in [2.45, 2.75) is 34.2 Å². The van der Waals surface area contributed by atoms with Gasteiger partial charge in [0.25, 0.3) is 0 Å². The molecule has 0 unspecified atom stereocenters. The van der Waals surface area contributed by atoms with Crippen molar-refractivity contribution in [2.24, 2.45) is 5.92 Å². The van der Waals surface area contributed by atoms with E-state index in [9.17, 15) is 4.79 Å². The third-order valence-corrected chi connectivity index (χ3v) is 5.34. The van der Waals surface area contributed by atoms with Crippen LogP contribution in [0.15, 0.2) is 30.3 Å². The highest BCUT2D eigenvalue weighted by molar-refractivity contribution is 5.73. The molecule has 0 atom stereocenters. The predicted octanol–water partition coefficient (Wildman–Crippen LogP) is 2.94. The van der Waals surface area contributed by atoms with Gasteiger partial charge in [0, 0.05) is 45.2 Å². The van der Waals surface area contributed by atoms with Gasteiger partial charge in [-0.3, -0.25) is 4.79 Å². The van der Waals surface area contributed by atoms with Crippen molar-refractivity contribution >= 4 is 11.7 Å². The molecule has 0 saturated carbocycles. The Morgan fingerprint density at radius 3 is 2.36 bits per heavy atom. The number of hydrogen-bond acceptors (Lipinski definition) is 4. The number of piperazine rings is 1. The summed E-state index contributed by atoms with van der Waals surface area (Å²) in [5, 5.41) is 4.89. The SMILES string of the molecule is CC(=O)N(Cc1c(C)nn(-c2ccccc2)c1N1CCN(C)CC1)CC(C)C. The molecule has 6 nitrogen and oxygen atoms in total. The van der Waals surface area contributed by atoms with Gasteiger partial charge in [0.1, 0.15) is 5.82 Å². The van der Waals surface area contributed by atoms with Crippen molar-refractivity contribution in [1.82, 2.24) is 19.6 Å². The minimum atomic E-state index is 0.116. The normalized spacial score (nSPS) is 15.3. The van der Waals surface area contributed by atoms with Crippen LogP contribution in [0.1, 0.15) is 32.0 Å². The Hall–Kier alpha value is -2.34. The number of para-hydroxylation sites is 1. The number of hydrogen-bond donors (Lipinski definition) is 0. The molecule has 1 aromatic carbocycles. The van der Waals surface area contributed by atoms with Crippen LogP contribution < -0.4 is 4.90 Å². The van der Waals surface area contributed by atoms with Crippen LogP contribution in [0.2, 0.25) is 0 Å². The quantitative estimate of drug-likeness (QED) is 0.769. The lowest BCUT2D eigenvalue weighted by Gasteiger charge is -2.35. The number of rotatable bonds is 6. The van der Waals surface area contributed by atoms with E-state index in [0.717, 1.165) is 55.5 Å². The zero-order chi connectivity index (χ0) is 20.3. The van der Waals surface area contributed by atoms with Crippen molar-refractivity contribution in [1.29, 1.82) is 0 Å². The van der Waals surface area contributed by atoms with E-state index < -0.39 is 0 Å². The van der Waals surface area contributed by atoms with Gasteiger partial charge < -0.3 is 14.7 Å². The first-order valence-corrected chi connectivity index (χ1v) is 10.2. The molecule has 1 fully saturated rings. The molecule has 2 heterocycles. The molecule has 1 aliphatic heterocycles. The fourth-order valence-electron chi connectivity index (χ4n) is 3.76. The molecule has 3 rings (SSSR count). The van der Waals surface area contributed by atoms with Crippen molar-refractivity contribution in [3.05, 3.63) is 41.6 Å². The third kappa shape index (κ3) is 4.55. The van der Waals surface area contributed by atoms with E-state index in [1.54, 1.807) is 6.92 Å². The number of likely N-dealkylation sites (N-methyl/N-ethyl adjacent to an activating group) is 1. The molecule has 0 spiro atoms. The highest BCUT2D eigenvalue weighted by atomic mass is 16.2. The Morgan fingerprint density at radius 2 is 1.79 bits per heavy atom. The molecule has 1 amide bonds. The maximum Gasteiger partial charge on any atom is 0.219 e. The first kappa shape index (κ1) is 20.4. The van der Waals surface area contributed by atoms with Crippen molar-refractivity contribution in [3.8, 4) is 5.69 Å². The Morgan fingerprint density at radius 1 is 1.14 bits per heavy atom. The summed E-state index contributed by atoms with van der Waals surface area (Å²) in [6, 6.07) is 10.3. The molecule has 28 heavy (non-hydrogen) atoms. The van der Waals surface area contributed by atoms with Crippen LogP contribution in [0.25, 0.3) is 5.69 Å². The van der Waals surface area contributed by atoms with Gasteiger partial charge in [0.15, 0.2) is 0 Å². The molecule has 2 aromatic rings. The third-order valence-electron chi connectivity index (χ3n) is 5.34. The maximum absolute atomic E-state index is 12.3. The van der Waals surface area contributed by atoms with Gasteiger partial charge in [-0.25, -0.2) is 4.68 Å². The second kappa shape index (κ2) is 8.78. The summed E-state index contributed by atoms with van der Waals surface area (Å²) < 4.78 is 2.06. The van der Waals surface area contributed by atoms with E-state index in [0.29, 0.717) is 12.5 Å². The number of carbonyl (C=O) groups is 1. The first-order chi connectivity index (χ1) is 13.4. The van der Waals surface area contributed by atoms with Crippen LogP contribution in [0.4, 0.5) is 5.82 Å². The van der Waals surface area contributed by atoms with Crippen LogP contribution in [0.3, 0.4) is 0 Å². The summed E-state index contributed by atoms with van der Waals surface area (Å²) in [4.78, 5) is 19.0. The number of carbonyl (C=O) groups excluding carboxylic acids is 1. The van der Waals surface area contributed by atoms with Crippen molar-refractivity contribution < 1.29 is 4.79 Å². The summed E-state index contributed by atoms with van der Waals surface area (Å²) in [6.07, 6.45) is 0. The maximum atomic E-state index is 12.3. The zero-order valence-corrected chi connectivity index (χ0v) is 17.9. The number of nitrogens with zero attached hydrogens (tertiary/aromatic N) is 5. The van der Waals surface area contributed by atoms with Gasteiger partial charge >= 0.3 is 0 Å². The van der Waals surface area contributed by atoms with Crippen LogP contribution in [0.5, 0.6) is 0 Å². The number of amides is 1. The van der Waals surface area contributed by atoms with Crippen molar-refractivity contribution in [3.63, 3.8) is 0 Å². The minimum absolute atomic E-state index is 0.116. The van der Waals surface area contributed by atoms with Gasteiger partial charge in [0.05, 0.1) is 17.9 Å². The lowest BCUT2D eigenvalue weighted by Crippen LogP contribution is -2.45. The highest BCUT2D eigenvalue weighted by Crippen LogP contribution is 2.29. The molecule has 0 N–H and O–H groups in total. The van der Waals surface area contributed by atoms with E-state index in [4.69, 9.17) is 5.10 Å². The Bertz CT molecular complexity index is 791. The Balaban J connectivity index is 2.03. The smallest absolute Gasteiger partial charge is 0.219 e. The largest absolute Gasteiger partial charge is 0.354 e. The first-order valence-electron chi connectivity index (χ1n) is 10.2. The van der Waals surface area contributed by atoms with E-state index in [1.165, 1.54) is 0 Å². The summed E-state index contributed by atoms with van der Waals surface area (Å²) in [5.41, 5.74) is 3.21. The van der Waals surface area contributed by atoms with Gasteiger partial charge in [-0.2, -0.15) is 5.10 Å². The molecule has 0 aliphatic carbocycles. The van der Waals surface area contributed by atoms with E-state index in [2.05, 4.69) is 54.4 Å². The lowest BCUT2D eigenvalue weighted by atomic mass is 10.1. The van der Waals surface area contributed by atoms with Crippen LogP contribution in [0, 0.1) is 12.8 Å². The fourth-order valence-corrected chi connectivity index (χ4v) is 3.76. The average molecular weight is 384 g/mol. The van der Waals surface area contributed by atoms with Crippen molar-refractivity contribution in [2.75, 3.05) is 44.7 Å². The fraction of sp³-hybridized carbons (Fsp3) is 0.545. The molecule has 0 bridgehead atoms. The van der Waals surface area contributed by atoms with Gasteiger partial charge in [-0.05, 0) is 32.0 Å². The van der Waals surface area contributed by atoms with E-state index in [-0.39, 0.29) is 5.91 Å². The summed E-state index contributed by atoms with van der Waals surface area (Å²) in [5.74, 6) is 1.68. The van der Waals surface area contributed by atoms with Gasteiger partial charge in [0.2, 0.25) is 5.91 Å². The number of benzene rings is 1. The lowest BCUT2D eigenvalue weighted by molar-refractivity contribution is -0.129. The number of aryl methyl sites for hydroxylation is 1. The minimum Gasteiger partial charge on any atom is -0.354 e. The summed E-state index contributed by atoms with van der Waals surface area (Å²) in [6.45, 7) is 13.4. The van der Waals surface area contributed by atoms with E-state index in [1.807, 2.05) is 23.1 Å². The number of anilines is 1. The zero-order valence-electron chi connectivity index (χ0n) is 17.9. The van der Waals surface area contributed by atoms with Crippen LogP contribution in [-0.4, -0.2) is 65.3 Å². The summed E-state index contributed by atoms with van der Waals surface area (Å²) in [7, 11) is 2.16. The second-order valence-electron chi connectivity index (χ2n) is 8.22. The predicted molar refractivity (Wildman–Crippen MR) is 114 cm³/mol. The average Bonchev–Trinajstić information content (AvgIpc) is 2.98.